The minimum Gasteiger partial charge on any atom is -0.508 e. The maximum atomic E-state index is 12.3. The van der Waals surface area contributed by atoms with Crippen LogP contribution in [0.2, 0.25) is 0 Å². The number of carbonyl (C=O) groups is 1. The highest BCUT2D eigenvalue weighted by molar-refractivity contribution is 5.89. The molecule has 1 aliphatic heterocycles. The van der Waals surface area contributed by atoms with Gasteiger partial charge in [-0.1, -0.05) is 44.2 Å². The number of methoxy groups -OCH3 is 1. The van der Waals surface area contributed by atoms with Crippen LogP contribution in [-0.4, -0.2) is 42.7 Å². The molecule has 0 saturated carbocycles. The summed E-state index contributed by atoms with van der Waals surface area (Å²) < 4.78 is 5.03. The lowest BCUT2D eigenvalue weighted by Gasteiger charge is -2.45. The van der Waals surface area contributed by atoms with Gasteiger partial charge in [0.25, 0.3) is 0 Å². The number of piperidine rings is 1. The molecule has 0 spiro atoms. The third kappa shape index (κ3) is 4.56. The highest BCUT2D eigenvalue weighted by atomic mass is 16.5. The molecule has 1 aromatic carbocycles. The molecule has 0 bridgehead atoms. The third-order valence-electron chi connectivity index (χ3n) is 6.28. The summed E-state index contributed by atoms with van der Waals surface area (Å²) in [4.78, 5) is 14.7. The van der Waals surface area contributed by atoms with Gasteiger partial charge >= 0.3 is 5.97 Å². The average molecular weight is 382 g/mol. The molecule has 2 aliphatic rings. The molecule has 0 aromatic heterocycles. The van der Waals surface area contributed by atoms with E-state index in [4.69, 9.17) is 4.74 Å². The normalized spacial score (nSPS) is 26.0. The molecule has 2 atom stereocenters. The minimum atomic E-state index is -0.256. The van der Waals surface area contributed by atoms with E-state index in [1.54, 1.807) is 6.07 Å². The summed E-state index contributed by atoms with van der Waals surface area (Å²) >= 11 is 0. The summed E-state index contributed by atoms with van der Waals surface area (Å²) in [5.41, 5.74) is 2.98. The number of aromatic hydroxyl groups is 1. The van der Waals surface area contributed by atoms with Crippen LogP contribution in [-0.2, 0) is 14.9 Å². The van der Waals surface area contributed by atoms with E-state index in [0.717, 1.165) is 37.9 Å². The van der Waals surface area contributed by atoms with E-state index < -0.39 is 0 Å². The molecule has 4 nitrogen and oxygen atoms in total. The number of esters is 1. The van der Waals surface area contributed by atoms with Crippen molar-refractivity contribution in [2.24, 2.45) is 5.92 Å². The number of ether oxygens (including phenoxy) is 1. The number of carbonyl (C=O) groups excluding carboxylic acids is 1. The minimum absolute atomic E-state index is 0.0129. The smallest absolute Gasteiger partial charge is 0.335 e. The molecular formula is C24H31NO3. The first-order chi connectivity index (χ1) is 13.4. The summed E-state index contributed by atoms with van der Waals surface area (Å²) in [6, 6.07) is 7.62. The maximum Gasteiger partial charge on any atom is 0.335 e. The largest absolute Gasteiger partial charge is 0.508 e. The van der Waals surface area contributed by atoms with Crippen LogP contribution in [0.3, 0.4) is 0 Å². The van der Waals surface area contributed by atoms with Crippen molar-refractivity contribution in [2.75, 3.05) is 26.7 Å². The molecule has 1 N–H and O–H groups in total. The summed E-state index contributed by atoms with van der Waals surface area (Å²) in [5.74, 6) is 0.461. The maximum absolute atomic E-state index is 12.3. The zero-order valence-corrected chi connectivity index (χ0v) is 17.1. The molecule has 1 aliphatic carbocycles. The van der Waals surface area contributed by atoms with Crippen molar-refractivity contribution in [2.45, 2.75) is 38.5 Å². The molecule has 1 heterocycles. The summed E-state index contributed by atoms with van der Waals surface area (Å²) in [5, 5.41) is 9.88. The third-order valence-corrected chi connectivity index (χ3v) is 6.28. The first-order valence-electron chi connectivity index (χ1n) is 10.1. The van der Waals surface area contributed by atoms with Gasteiger partial charge in [-0.2, -0.15) is 0 Å². The van der Waals surface area contributed by atoms with Crippen LogP contribution in [0.15, 0.2) is 59.7 Å². The Morgan fingerprint density at radius 2 is 2.21 bits per heavy atom. The fourth-order valence-electron chi connectivity index (χ4n) is 4.23. The van der Waals surface area contributed by atoms with Gasteiger partial charge in [-0.05, 0) is 66.5 Å². The van der Waals surface area contributed by atoms with Crippen LogP contribution in [0.5, 0.6) is 5.75 Å². The quantitative estimate of drug-likeness (QED) is 0.608. The molecule has 1 fully saturated rings. The number of benzene rings is 1. The van der Waals surface area contributed by atoms with Gasteiger partial charge in [-0.15, -0.1) is 0 Å². The van der Waals surface area contributed by atoms with E-state index in [0.29, 0.717) is 23.8 Å². The van der Waals surface area contributed by atoms with Gasteiger partial charge < -0.3 is 9.84 Å². The Hall–Kier alpha value is -2.33. The lowest BCUT2D eigenvalue weighted by molar-refractivity contribution is -0.136. The van der Waals surface area contributed by atoms with Crippen molar-refractivity contribution in [3.05, 3.63) is 65.3 Å². The van der Waals surface area contributed by atoms with Crippen molar-refractivity contribution in [1.29, 1.82) is 0 Å². The molecule has 1 aromatic rings. The number of allylic oxidation sites excluding steroid dienone is 5. The predicted octanol–water partition coefficient (Wildman–Crippen LogP) is 4.37. The van der Waals surface area contributed by atoms with Crippen LogP contribution in [0.25, 0.3) is 0 Å². The molecule has 1 unspecified atom stereocenters. The van der Waals surface area contributed by atoms with E-state index in [2.05, 4.69) is 43.0 Å². The number of likely N-dealkylation sites (tertiary alicyclic amines) is 1. The Morgan fingerprint density at radius 1 is 1.39 bits per heavy atom. The van der Waals surface area contributed by atoms with Crippen LogP contribution in [0, 0.1) is 5.92 Å². The van der Waals surface area contributed by atoms with Gasteiger partial charge in [0.2, 0.25) is 0 Å². The second-order valence-electron chi connectivity index (χ2n) is 8.20. The monoisotopic (exact) mass is 381 g/mol. The van der Waals surface area contributed by atoms with E-state index in [9.17, 15) is 9.90 Å². The van der Waals surface area contributed by atoms with Crippen LogP contribution in [0.4, 0.5) is 0 Å². The van der Waals surface area contributed by atoms with Gasteiger partial charge in [-0.3, -0.25) is 4.90 Å². The first-order valence-corrected chi connectivity index (χ1v) is 10.1. The Labute approximate surface area is 168 Å². The topological polar surface area (TPSA) is 49.8 Å². The SMILES string of the molecule is COC(=O)/C(=C/C1=CCCC=C1)CN1CC[C@@](C)(c2cccc(O)c2)C(C)C1. The average Bonchev–Trinajstić information content (AvgIpc) is 2.70. The van der Waals surface area contributed by atoms with E-state index in [1.165, 1.54) is 12.7 Å². The van der Waals surface area contributed by atoms with Crippen molar-refractivity contribution >= 4 is 5.97 Å². The molecule has 4 heteroatoms. The van der Waals surface area contributed by atoms with E-state index >= 15 is 0 Å². The number of hydrogen-bond donors (Lipinski definition) is 1. The van der Waals surface area contributed by atoms with Crippen LogP contribution in [0.1, 0.15) is 38.7 Å². The van der Waals surface area contributed by atoms with Gasteiger partial charge in [0, 0.05) is 13.1 Å². The predicted molar refractivity (Wildman–Crippen MR) is 112 cm³/mol. The Bertz CT molecular complexity index is 808. The van der Waals surface area contributed by atoms with E-state index in [1.807, 2.05) is 18.2 Å². The Kier molecular flexibility index (Phi) is 6.40. The molecule has 28 heavy (non-hydrogen) atoms. The Balaban J connectivity index is 1.73. The van der Waals surface area contributed by atoms with Crippen LogP contribution >= 0.6 is 0 Å². The van der Waals surface area contributed by atoms with Gasteiger partial charge in [-0.25, -0.2) is 4.79 Å². The summed E-state index contributed by atoms with van der Waals surface area (Å²) in [7, 11) is 1.44. The van der Waals surface area contributed by atoms with Gasteiger partial charge in [0.1, 0.15) is 5.75 Å². The van der Waals surface area contributed by atoms with E-state index in [-0.39, 0.29) is 11.4 Å². The fraction of sp³-hybridized carbons (Fsp3) is 0.458. The fourth-order valence-corrected chi connectivity index (χ4v) is 4.23. The summed E-state index contributed by atoms with van der Waals surface area (Å²) in [6.45, 7) is 6.93. The van der Waals surface area contributed by atoms with Crippen molar-refractivity contribution < 1.29 is 14.6 Å². The molecular weight excluding hydrogens is 350 g/mol. The number of phenols is 1. The van der Waals surface area contributed by atoms with Crippen LogP contribution < -0.4 is 0 Å². The first kappa shape index (κ1) is 20.4. The second-order valence-corrected chi connectivity index (χ2v) is 8.20. The molecule has 3 rings (SSSR count). The van der Waals surface area contributed by atoms with Gasteiger partial charge in [0.15, 0.2) is 0 Å². The lowest BCUT2D eigenvalue weighted by atomic mass is 9.68. The van der Waals surface area contributed by atoms with Crippen molar-refractivity contribution in [3.8, 4) is 5.75 Å². The number of rotatable bonds is 5. The molecule has 1 saturated heterocycles. The van der Waals surface area contributed by atoms with Gasteiger partial charge in [0.05, 0.1) is 12.7 Å². The number of nitrogens with zero attached hydrogens (tertiary/aromatic N) is 1. The molecule has 150 valence electrons. The zero-order chi connectivity index (χ0) is 20.1. The highest BCUT2D eigenvalue weighted by Gasteiger charge is 2.38. The standard InChI is InChI=1S/C24H31NO3/c1-18-16-25(13-12-24(18,2)21-10-7-11-22(26)15-21)17-20(23(27)28-3)14-19-8-5-4-6-9-19/h5,7-11,14-15,18,26H,4,6,12-13,16-17H2,1-3H3/b20-14+/t18?,24-/m1/s1. The van der Waals surface area contributed by atoms with Crippen molar-refractivity contribution in [3.63, 3.8) is 0 Å². The van der Waals surface area contributed by atoms with Crippen molar-refractivity contribution in [1.82, 2.24) is 4.90 Å². The number of hydrogen-bond acceptors (Lipinski definition) is 4. The lowest BCUT2D eigenvalue weighted by Crippen LogP contribution is -2.48. The molecule has 0 radical (unpaired) electrons. The molecule has 0 amide bonds. The highest BCUT2D eigenvalue weighted by Crippen LogP contribution is 2.40. The second kappa shape index (κ2) is 8.78. The Morgan fingerprint density at radius 3 is 2.86 bits per heavy atom. The zero-order valence-electron chi connectivity index (χ0n) is 17.1. The number of phenolic OH excluding ortho intramolecular Hbond substituents is 1. The summed E-state index contributed by atoms with van der Waals surface area (Å²) in [6.07, 6.45) is 11.4.